The summed E-state index contributed by atoms with van der Waals surface area (Å²) in [5, 5.41) is 0.540. The number of pyridine rings is 1. The number of aldehydes is 1. The lowest BCUT2D eigenvalue weighted by molar-refractivity contribution is 0.112. The molecular formula is C10H4Cl2FNO. The molecule has 0 unspecified atom stereocenters. The first kappa shape index (κ1) is 10.3. The van der Waals surface area contributed by atoms with Crippen LogP contribution in [0, 0.1) is 5.82 Å². The minimum Gasteiger partial charge on any atom is -0.298 e. The minimum absolute atomic E-state index is 0.0232. The van der Waals surface area contributed by atoms with E-state index in [1.807, 2.05) is 0 Å². The highest BCUT2D eigenvalue weighted by Crippen LogP contribution is 2.29. The number of aromatic nitrogens is 1. The number of hydrogen-bond acceptors (Lipinski definition) is 2. The largest absolute Gasteiger partial charge is 0.298 e. The van der Waals surface area contributed by atoms with Gasteiger partial charge in [-0.1, -0.05) is 23.2 Å². The van der Waals surface area contributed by atoms with Crippen LogP contribution in [0.3, 0.4) is 0 Å². The summed E-state index contributed by atoms with van der Waals surface area (Å²) in [6, 6.07) is 2.91. The second-order valence-corrected chi connectivity index (χ2v) is 3.69. The first-order valence-corrected chi connectivity index (χ1v) is 4.78. The summed E-state index contributed by atoms with van der Waals surface area (Å²) in [7, 11) is 0. The number of carbonyl (C=O) groups excluding carboxylic acids is 1. The van der Waals surface area contributed by atoms with Crippen LogP contribution in [0.1, 0.15) is 10.4 Å². The lowest BCUT2D eigenvalue weighted by atomic mass is 10.1. The lowest BCUT2D eigenvalue weighted by Crippen LogP contribution is -1.91. The summed E-state index contributed by atoms with van der Waals surface area (Å²) in [4.78, 5) is 14.4. The lowest BCUT2D eigenvalue weighted by Gasteiger charge is -2.03. The maximum Gasteiger partial charge on any atom is 0.168 e. The van der Waals surface area contributed by atoms with E-state index in [2.05, 4.69) is 4.98 Å². The summed E-state index contributed by atoms with van der Waals surface area (Å²) >= 11 is 11.5. The van der Waals surface area contributed by atoms with Crippen LogP contribution >= 0.6 is 23.2 Å². The van der Waals surface area contributed by atoms with E-state index in [-0.39, 0.29) is 21.1 Å². The molecule has 1 heterocycles. The van der Waals surface area contributed by atoms with E-state index in [0.29, 0.717) is 11.7 Å². The fraction of sp³-hybridized carbons (Fsp3) is 0. The molecule has 0 aliphatic heterocycles. The molecular weight excluding hydrogens is 240 g/mol. The van der Waals surface area contributed by atoms with Crippen molar-refractivity contribution in [2.24, 2.45) is 0 Å². The van der Waals surface area contributed by atoms with Gasteiger partial charge in [-0.15, -0.1) is 0 Å². The Kier molecular flexibility index (Phi) is 2.59. The van der Waals surface area contributed by atoms with Crippen molar-refractivity contribution in [2.75, 3.05) is 0 Å². The van der Waals surface area contributed by atoms with Crippen molar-refractivity contribution >= 4 is 40.4 Å². The summed E-state index contributed by atoms with van der Waals surface area (Å²) in [5.74, 6) is -0.631. The molecule has 5 heteroatoms. The molecule has 0 amide bonds. The third-order valence-electron chi connectivity index (χ3n) is 2.02. The summed E-state index contributed by atoms with van der Waals surface area (Å²) in [6.45, 7) is 0. The van der Waals surface area contributed by atoms with Gasteiger partial charge in [0.15, 0.2) is 12.1 Å². The van der Waals surface area contributed by atoms with Gasteiger partial charge in [0.05, 0.1) is 15.6 Å². The number of fused-ring (bicyclic) bond motifs is 1. The van der Waals surface area contributed by atoms with Gasteiger partial charge in [0, 0.05) is 11.6 Å². The van der Waals surface area contributed by atoms with E-state index in [1.54, 1.807) is 0 Å². The van der Waals surface area contributed by atoms with Gasteiger partial charge in [0.2, 0.25) is 0 Å². The first-order valence-electron chi connectivity index (χ1n) is 4.02. The van der Waals surface area contributed by atoms with Crippen LogP contribution < -0.4 is 0 Å². The number of benzene rings is 1. The molecule has 0 bridgehead atoms. The van der Waals surface area contributed by atoms with Crippen LogP contribution in [-0.2, 0) is 0 Å². The van der Waals surface area contributed by atoms with Crippen molar-refractivity contribution in [3.63, 3.8) is 0 Å². The fourth-order valence-electron chi connectivity index (χ4n) is 1.27. The molecule has 0 aliphatic rings. The molecule has 0 aliphatic carbocycles. The molecule has 2 nitrogen and oxygen atoms in total. The van der Waals surface area contributed by atoms with E-state index >= 15 is 0 Å². The van der Waals surface area contributed by atoms with Crippen molar-refractivity contribution in [1.29, 1.82) is 0 Å². The maximum atomic E-state index is 13.5. The first-order chi connectivity index (χ1) is 7.15. The van der Waals surface area contributed by atoms with Gasteiger partial charge >= 0.3 is 0 Å². The Labute approximate surface area is 94.6 Å². The summed E-state index contributed by atoms with van der Waals surface area (Å²) < 4.78 is 13.5. The maximum absolute atomic E-state index is 13.5. The summed E-state index contributed by atoms with van der Waals surface area (Å²) in [5.41, 5.74) is 0.295. The van der Waals surface area contributed by atoms with Crippen LogP contribution in [0.25, 0.3) is 10.9 Å². The van der Waals surface area contributed by atoms with Gasteiger partial charge in [0.25, 0.3) is 0 Å². The predicted molar refractivity (Wildman–Crippen MR) is 57.1 cm³/mol. The second-order valence-electron chi connectivity index (χ2n) is 2.90. The molecule has 76 valence electrons. The Morgan fingerprint density at radius 1 is 1.33 bits per heavy atom. The van der Waals surface area contributed by atoms with Crippen LogP contribution in [0.2, 0.25) is 10.0 Å². The van der Waals surface area contributed by atoms with Gasteiger partial charge in [0.1, 0.15) is 5.52 Å². The standard InChI is InChI=1S/C10H4Cl2FNO/c11-7-2-1-6-8(12)5(4-15)3-14-10(6)9(7)13/h1-4H. The molecule has 15 heavy (non-hydrogen) atoms. The Balaban J connectivity index is 2.91. The van der Waals surface area contributed by atoms with Gasteiger partial charge in [-0.2, -0.15) is 0 Å². The van der Waals surface area contributed by atoms with Crippen LogP contribution in [-0.4, -0.2) is 11.3 Å². The fourth-order valence-corrected chi connectivity index (χ4v) is 1.67. The Morgan fingerprint density at radius 2 is 2.07 bits per heavy atom. The summed E-state index contributed by atoms with van der Waals surface area (Å²) in [6.07, 6.45) is 1.79. The number of nitrogens with zero attached hydrogens (tertiary/aromatic N) is 1. The van der Waals surface area contributed by atoms with Crippen molar-refractivity contribution in [2.45, 2.75) is 0 Å². The number of hydrogen-bond donors (Lipinski definition) is 0. The SMILES string of the molecule is O=Cc1cnc2c(F)c(Cl)ccc2c1Cl. The van der Waals surface area contributed by atoms with E-state index in [4.69, 9.17) is 23.2 Å². The van der Waals surface area contributed by atoms with Crippen LogP contribution in [0.5, 0.6) is 0 Å². The molecule has 0 N–H and O–H groups in total. The Bertz CT molecular complexity index is 557. The van der Waals surface area contributed by atoms with Crippen LogP contribution in [0.4, 0.5) is 4.39 Å². The molecule has 2 aromatic rings. The highest BCUT2D eigenvalue weighted by molar-refractivity contribution is 6.38. The van der Waals surface area contributed by atoms with Gasteiger partial charge in [-0.25, -0.2) is 4.39 Å². The third-order valence-corrected chi connectivity index (χ3v) is 2.73. The number of halogens is 3. The second kappa shape index (κ2) is 3.76. The van der Waals surface area contributed by atoms with Crippen molar-refractivity contribution in [3.8, 4) is 0 Å². The molecule has 0 saturated carbocycles. The van der Waals surface area contributed by atoms with E-state index < -0.39 is 5.82 Å². The number of carbonyl (C=O) groups is 1. The van der Waals surface area contributed by atoms with Crippen molar-refractivity contribution in [1.82, 2.24) is 4.98 Å². The van der Waals surface area contributed by atoms with Gasteiger partial charge in [-0.05, 0) is 12.1 Å². The topological polar surface area (TPSA) is 30.0 Å². The third kappa shape index (κ3) is 1.58. The molecule has 0 saturated heterocycles. The molecule has 0 spiro atoms. The average molecular weight is 244 g/mol. The Morgan fingerprint density at radius 3 is 2.73 bits per heavy atom. The van der Waals surface area contributed by atoms with E-state index in [1.165, 1.54) is 18.3 Å². The minimum atomic E-state index is -0.631. The predicted octanol–water partition coefficient (Wildman–Crippen LogP) is 3.49. The zero-order valence-electron chi connectivity index (χ0n) is 7.30. The van der Waals surface area contributed by atoms with Gasteiger partial charge < -0.3 is 0 Å². The molecule has 2 rings (SSSR count). The zero-order valence-corrected chi connectivity index (χ0v) is 8.81. The molecule has 1 aromatic carbocycles. The van der Waals surface area contributed by atoms with Crippen molar-refractivity contribution < 1.29 is 9.18 Å². The Hall–Kier alpha value is -1.19. The number of rotatable bonds is 1. The highest BCUT2D eigenvalue weighted by Gasteiger charge is 2.11. The molecule has 0 radical (unpaired) electrons. The monoisotopic (exact) mass is 243 g/mol. The highest BCUT2D eigenvalue weighted by atomic mass is 35.5. The van der Waals surface area contributed by atoms with E-state index in [0.717, 1.165) is 0 Å². The molecule has 0 fully saturated rings. The van der Waals surface area contributed by atoms with Crippen molar-refractivity contribution in [3.05, 3.63) is 39.8 Å². The van der Waals surface area contributed by atoms with Crippen LogP contribution in [0.15, 0.2) is 18.3 Å². The molecule has 0 atom stereocenters. The molecule has 1 aromatic heterocycles. The zero-order chi connectivity index (χ0) is 11.0. The normalized spacial score (nSPS) is 10.6. The average Bonchev–Trinajstić information content (AvgIpc) is 2.24. The van der Waals surface area contributed by atoms with E-state index in [9.17, 15) is 9.18 Å². The van der Waals surface area contributed by atoms with Gasteiger partial charge in [-0.3, -0.25) is 9.78 Å². The smallest absolute Gasteiger partial charge is 0.168 e. The quantitative estimate of drug-likeness (QED) is 0.718.